The van der Waals surface area contributed by atoms with Crippen LogP contribution < -0.4 is 5.73 Å². The van der Waals surface area contributed by atoms with Crippen LogP contribution in [0.5, 0.6) is 0 Å². The fourth-order valence-corrected chi connectivity index (χ4v) is 1.56. The van der Waals surface area contributed by atoms with E-state index in [1.165, 1.54) is 23.1 Å². The molecule has 0 saturated carbocycles. The third-order valence-corrected chi connectivity index (χ3v) is 2.44. The molecule has 0 fully saturated rings. The predicted octanol–water partition coefficient (Wildman–Crippen LogP) is 1.62. The molecule has 0 heterocycles. The van der Waals surface area contributed by atoms with Crippen LogP contribution in [0.4, 0.5) is 4.39 Å². The summed E-state index contributed by atoms with van der Waals surface area (Å²) in [6, 6.07) is 4.26. The summed E-state index contributed by atoms with van der Waals surface area (Å²) in [5.74, 6) is 4.61. The maximum Gasteiger partial charge on any atom is 0.256 e. The lowest BCUT2D eigenvalue weighted by Gasteiger charge is -2.16. The molecule has 4 heteroatoms. The van der Waals surface area contributed by atoms with E-state index in [2.05, 4.69) is 11.8 Å². The lowest BCUT2D eigenvalue weighted by molar-refractivity contribution is 0.0790. The van der Waals surface area contributed by atoms with Crippen LogP contribution in [0.3, 0.4) is 0 Å². The van der Waals surface area contributed by atoms with E-state index in [1.807, 2.05) is 6.92 Å². The van der Waals surface area contributed by atoms with Gasteiger partial charge in [-0.25, -0.2) is 4.39 Å². The van der Waals surface area contributed by atoms with Gasteiger partial charge in [0.15, 0.2) is 0 Å². The van der Waals surface area contributed by atoms with Crippen molar-refractivity contribution in [3.8, 4) is 11.8 Å². The molecule has 0 radical (unpaired) electrons. The number of rotatable bonds is 3. The first-order valence-corrected chi connectivity index (χ1v) is 5.84. The van der Waals surface area contributed by atoms with Gasteiger partial charge < -0.3 is 10.6 Å². The molecule has 0 atom stereocenters. The normalized spacial score (nSPS) is 9.56. The number of halogens is 1. The van der Waals surface area contributed by atoms with E-state index in [0.717, 1.165) is 6.42 Å². The Morgan fingerprint density at radius 1 is 1.50 bits per heavy atom. The molecular weight excluding hydrogens is 231 g/mol. The molecule has 0 aliphatic rings. The topological polar surface area (TPSA) is 46.3 Å². The van der Waals surface area contributed by atoms with Crippen molar-refractivity contribution < 1.29 is 9.18 Å². The lowest BCUT2D eigenvalue weighted by Crippen LogP contribution is -2.28. The molecule has 0 unspecified atom stereocenters. The Morgan fingerprint density at radius 3 is 2.83 bits per heavy atom. The highest BCUT2D eigenvalue weighted by Crippen LogP contribution is 2.12. The van der Waals surface area contributed by atoms with Gasteiger partial charge in [-0.05, 0) is 24.6 Å². The molecule has 0 spiro atoms. The fourth-order valence-electron chi connectivity index (χ4n) is 1.56. The van der Waals surface area contributed by atoms with Gasteiger partial charge >= 0.3 is 0 Å². The van der Waals surface area contributed by atoms with Crippen LogP contribution in [0, 0.1) is 17.7 Å². The first-order valence-electron chi connectivity index (χ1n) is 5.84. The summed E-state index contributed by atoms with van der Waals surface area (Å²) in [7, 11) is 1.66. The highest BCUT2D eigenvalue weighted by atomic mass is 19.1. The van der Waals surface area contributed by atoms with E-state index in [1.54, 1.807) is 7.05 Å². The average molecular weight is 248 g/mol. The monoisotopic (exact) mass is 248 g/mol. The number of nitrogens with zero attached hydrogens (tertiary/aromatic N) is 1. The quantitative estimate of drug-likeness (QED) is 0.826. The maximum atomic E-state index is 13.6. The SMILES string of the molecule is CCCN(C)C(=O)c1cc(C#CCN)ccc1F. The summed E-state index contributed by atoms with van der Waals surface area (Å²) >= 11 is 0. The Balaban J connectivity index is 3.03. The van der Waals surface area contributed by atoms with Crippen LogP contribution in [-0.2, 0) is 0 Å². The first-order chi connectivity index (χ1) is 8.60. The molecule has 3 nitrogen and oxygen atoms in total. The number of hydrogen-bond acceptors (Lipinski definition) is 2. The second kappa shape index (κ2) is 6.77. The van der Waals surface area contributed by atoms with Gasteiger partial charge in [0, 0.05) is 19.2 Å². The molecule has 1 aromatic carbocycles. The summed E-state index contributed by atoms with van der Waals surface area (Å²) < 4.78 is 13.6. The van der Waals surface area contributed by atoms with Crippen LogP contribution in [-0.4, -0.2) is 30.9 Å². The lowest BCUT2D eigenvalue weighted by atomic mass is 10.1. The van der Waals surface area contributed by atoms with E-state index < -0.39 is 5.82 Å². The standard InChI is InChI=1S/C14H17FN2O/c1-3-9-17(2)14(18)12-10-11(5-4-8-16)6-7-13(12)15/h6-7,10H,3,8-9,16H2,1-2H3. The molecule has 2 N–H and O–H groups in total. The highest BCUT2D eigenvalue weighted by Gasteiger charge is 2.15. The molecule has 18 heavy (non-hydrogen) atoms. The fraction of sp³-hybridized carbons (Fsp3) is 0.357. The van der Waals surface area contributed by atoms with E-state index in [-0.39, 0.29) is 18.0 Å². The summed E-state index contributed by atoms with van der Waals surface area (Å²) in [5, 5.41) is 0. The number of hydrogen-bond donors (Lipinski definition) is 1. The number of nitrogens with two attached hydrogens (primary N) is 1. The van der Waals surface area contributed by atoms with Crippen LogP contribution in [0.2, 0.25) is 0 Å². The summed E-state index contributed by atoms with van der Waals surface area (Å²) in [4.78, 5) is 13.5. The zero-order valence-corrected chi connectivity index (χ0v) is 10.7. The van der Waals surface area contributed by atoms with Crippen molar-refractivity contribution >= 4 is 5.91 Å². The molecular formula is C14H17FN2O. The van der Waals surface area contributed by atoms with Crippen molar-refractivity contribution in [2.45, 2.75) is 13.3 Å². The Labute approximate surface area is 107 Å². The molecule has 1 rings (SSSR count). The Kier molecular flexibility index (Phi) is 5.34. The minimum atomic E-state index is -0.527. The zero-order chi connectivity index (χ0) is 13.5. The Morgan fingerprint density at radius 2 is 2.22 bits per heavy atom. The average Bonchev–Trinajstić information content (AvgIpc) is 2.37. The molecule has 1 amide bonds. The van der Waals surface area contributed by atoms with Gasteiger partial charge in [0.25, 0.3) is 5.91 Å². The molecule has 96 valence electrons. The van der Waals surface area contributed by atoms with E-state index in [0.29, 0.717) is 12.1 Å². The van der Waals surface area contributed by atoms with E-state index in [4.69, 9.17) is 5.73 Å². The predicted molar refractivity (Wildman–Crippen MR) is 69.6 cm³/mol. The van der Waals surface area contributed by atoms with Gasteiger partial charge in [0.2, 0.25) is 0 Å². The van der Waals surface area contributed by atoms with Gasteiger partial charge in [-0.3, -0.25) is 4.79 Å². The molecule has 0 aromatic heterocycles. The second-order valence-electron chi connectivity index (χ2n) is 3.93. The molecule has 0 aliphatic heterocycles. The van der Waals surface area contributed by atoms with E-state index >= 15 is 0 Å². The van der Waals surface area contributed by atoms with Gasteiger partial charge in [0.05, 0.1) is 12.1 Å². The van der Waals surface area contributed by atoms with Gasteiger partial charge in [-0.15, -0.1) is 0 Å². The third-order valence-electron chi connectivity index (χ3n) is 2.44. The number of carbonyl (C=O) groups is 1. The summed E-state index contributed by atoms with van der Waals surface area (Å²) in [6.45, 7) is 2.79. The van der Waals surface area contributed by atoms with E-state index in [9.17, 15) is 9.18 Å². The molecule has 0 saturated heterocycles. The van der Waals surface area contributed by atoms with Gasteiger partial charge in [0.1, 0.15) is 5.82 Å². The van der Waals surface area contributed by atoms with Crippen LogP contribution in [0.25, 0.3) is 0 Å². The van der Waals surface area contributed by atoms with Crippen molar-refractivity contribution in [2.75, 3.05) is 20.1 Å². The van der Waals surface area contributed by atoms with Gasteiger partial charge in [-0.2, -0.15) is 0 Å². The zero-order valence-electron chi connectivity index (χ0n) is 10.7. The molecule has 1 aromatic rings. The van der Waals surface area contributed by atoms with Crippen LogP contribution in [0.15, 0.2) is 18.2 Å². The maximum absolute atomic E-state index is 13.6. The highest BCUT2D eigenvalue weighted by molar-refractivity contribution is 5.94. The minimum absolute atomic E-state index is 0.0507. The Bertz CT molecular complexity index is 488. The smallest absolute Gasteiger partial charge is 0.256 e. The van der Waals surface area contributed by atoms with Crippen molar-refractivity contribution in [3.05, 3.63) is 35.1 Å². The Hall–Kier alpha value is -1.86. The number of amides is 1. The van der Waals surface area contributed by atoms with Crippen LogP contribution >= 0.6 is 0 Å². The third kappa shape index (κ3) is 3.57. The number of carbonyl (C=O) groups excluding carboxylic acids is 1. The minimum Gasteiger partial charge on any atom is -0.342 e. The summed E-state index contributed by atoms with van der Waals surface area (Å²) in [6.07, 6.45) is 0.830. The van der Waals surface area contributed by atoms with Crippen molar-refractivity contribution in [2.24, 2.45) is 5.73 Å². The second-order valence-corrected chi connectivity index (χ2v) is 3.93. The van der Waals surface area contributed by atoms with Gasteiger partial charge in [-0.1, -0.05) is 18.8 Å². The molecule has 0 bridgehead atoms. The van der Waals surface area contributed by atoms with Crippen molar-refractivity contribution in [1.82, 2.24) is 4.90 Å². The largest absolute Gasteiger partial charge is 0.342 e. The van der Waals surface area contributed by atoms with Crippen LogP contribution in [0.1, 0.15) is 29.3 Å². The van der Waals surface area contributed by atoms with Crippen molar-refractivity contribution in [3.63, 3.8) is 0 Å². The first kappa shape index (κ1) is 14.2. The number of benzene rings is 1. The molecule has 0 aliphatic carbocycles. The summed E-state index contributed by atoms with van der Waals surface area (Å²) in [5.41, 5.74) is 5.91. The van der Waals surface area contributed by atoms with Crippen molar-refractivity contribution in [1.29, 1.82) is 0 Å².